The van der Waals surface area contributed by atoms with Gasteiger partial charge in [-0.05, 0) is 52.0 Å². The van der Waals surface area contributed by atoms with Crippen LogP contribution in [0, 0.1) is 16.0 Å². The Kier molecular flexibility index (Phi) is 5.71. The summed E-state index contributed by atoms with van der Waals surface area (Å²) in [7, 11) is 0. The highest BCUT2D eigenvalue weighted by molar-refractivity contribution is 5.75. The number of likely N-dealkylation sites (tertiary alicyclic amines) is 1. The van der Waals surface area contributed by atoms with Crippen LogP contribution in [-0.4, -0.2) is 46.2 Å². The van der Waals surface area contributed by atoms with Crippen molar-refractivity contribution < 1.29 is 23.6 Å². The van der Waals surface area contributed by atoms with E-state index in [-0.39, 0.29) is 17.9 Å². The van der Waals surface area contributed by atoms with Gasteiger partial charge in [0.15, 0.2) is 5.58 Å². The Labute approximate surface area is 162 Å². The van der Waals surface area contributed by atoms with Crippen molar-refractivity contribution in [3.63, 3.8) is 0 Å². The Balaban J connectivity index is 1.51. The zero-order chi connectivity index (χ0) is 20.3. The lowest BCUT2D eigenvalue weighted by atomic mass is 9.95. The Morgan fingerprint density at radius 3 is 2.93 bits per heavy atom. The summed E-state index contributed by atoms with van der Waals surface area (Å²) in [5.41, 5.74) is 0.277. The summed E-state index contributed by atoms with van der Waals surface area (Å²) in [4.78, 5) is 28.5. The topological polar surface area (TPSA) is 108 Å². The quantitative estimate of drug-likeness (QED) is 0.556. The van der Waals surface area contributed by atoms with Crippen LogP contribution in [0.3, 0.4) is 0 Å². The first-order chi connectivity index (χ1) is 13.2. The molecule has 1 atom stereocenters. The molecule has 9 nitrogen and oxygen atoms in total. The number of ether oxygens (including phenoxy) is 2. The van der Waals surface area contributed by atoms with Crippen LogP contribution in [0.4, 0.5) is 10.5 Å². The standard InChI is InChI=1S/C19H25N3O6/c1-19(2,3)28-18(23)21-9-4-5-13(12-21)8-10-26-17-20-15-11-14(22(24)25)6-7-16(15)27-17/h6-7,11,13H,4-5,8-10,12H2,1-3H3/t13-/m0/s1. The van der Waals surface area contributed by atoms with Gasteiger partial charge in [-0.1, -0.05) is 0 Å². The number of benzene rings is 1. The summed E-state index contributed by atoms with van der Waals surface area (Å²) >= 11 is 0. The van der Waals surface area contributed by atoms with E-state index in [1.807, 2.05) is 20.8 Å². The lowest BCUT2D eigenvalue weighted by Gasteiger charge is -2.34. The molecule has 2 aromatic rings. The second kappa shape index (κ2) is 8.04. The van der Waals surface area contributed by atoms with Crippen molar-refractivity contribution in [3.8, 4) is 6.08 Å². The first kappa shape index (κ1) is 19.9. The summed E-state index contributed by atoms with van der Waals surface area (Å²) in [6.45, 7) is 7.30. The predicted octanol–water partition coefficient (Wildman–Crippen LogP) is 4.15. The number of hydrogen-bond acceptors (Lipinski definition) is 7. The molecule has 1 fully saturated rings. The molecule has 9 heteroatoms. The SMILES string of the molecule is CC(C)(C)OC(=O)N1CCC[C@@H](CCOc2nc3cc([N+](=O)[O-])ccc3o2)C1. The van der Waals surface area contributed by atoms with Crippen LogP contribution in [0.15, 0.2) is 22.6 Å². The Bertz CT molecular complexity index is 857. The van der Waals surface area contributed by atoms with Crippen molar-refractivity contribution in [2.24, 2.45) is 5.92 Å². The molecule has 1 aromatic heterocycles. The molecule has 3 rings (SSSR count). The summed E-state index contributed by atoms with van der Waals surface area (Å²) in [5.74, 6) is 0.312. The summed E-state index contributed by atoms with van der Waals surface area (Å²) in [6.07, 6.45) is 2.51. The fourth-order valence-corrected chi connectivity index (χ4v) is 3.18. The Hall–Kier alpha value is -2.84. The number of aromatic nitrogens is 1. The van der Waals surface area contributed by atoms with Gasteiger partial charge in [0.25, 0.3) is 5.69 Å². The highest BCUT2D eigenvalue weighted by Gasteiger charge is 2.27. The molecule has 0 saturated carbocycles. The van der Waals surface area contributed by atoms with Gasteiger partial charge in [-0.15, -0.1) is 0 Å². The van der Waals surface area contributed by atoms with Crippen LogP contribution in [0.5, 0.6) is 6.08 Å². The van der Waals surface area contributed by atoms with Gasteiger partial charge in [-0.3, -0.25) is 10.1 Å². The van der Waals surface area contributed by atoms with Crippen LogP contribution < -0.4 is 4.74 Å². The van der Waals surface area contributed by atoms with Crippen molar-refractivity contribution >= 4 is 22.9 Å². The number of amides is 1. The molecule has 0 radical (unpaired) electrons. The van der Waals surface area contributed by atoms with Crippen molar-refractivity contribution in [1.82, 2.24) is 9.88 Å². The Morgan fingerprint density at radius 1 is 1.43 bits per heavy atom. The molecule has 0 bridgehead atoms. The van der Waals surface area contributed by atoms with Crippen LogP contribution >= 0.6 is 0 Å². The average molecular weight is 391 g/mol. The maximum Gasteiger partial charge on any atom is 0.410 e. The largest absolute Gasteiger partial charge is 0.450 e. The molecule has 0 spiro atoms. The maximum atomic E-state index is 12.2. The third-order valence-corrected chi connectivity index (χ3v) is 4.48. The lowest BCUT2D eigenvalue weighted by molar-refractivity contribution is -0.384. The number of oxazole rings is 1. The smallest absolute Gasteiger partial charge is 0.410 e. The van der Waals surface area contributed by atoms with Crippen molar-refractivity contribution in [1.29, 1.82) is 0 Å². The number of carbonyl (C=O) groups is 1. The number of hydrogen-bond donors (Lipinski definition) is 0. The fraction of sp³-hybridized carbons (Fsp3) is 0.579. The molecule has 1 aromatic carbocycles. The van der Waals surface area contributed by atoms with E-state index >= 15 is 0 Å². The molecule has 0 unspecified atom stereocenters. The van der Waals surface area contributed by atoms with Gasteiger partial charge >= 0.3 is 12.2 Å². The van der Waals surface area contributed by atoms with E-state index in [1.165, 1.54) is 18.2 Å². The summed E-state index contributed by atoms with van der Waals surface area (Å²) in [5, 5.41) is 10.8. The Morgan fingerprint density at radius 2 is 2.21 bits per heavy atom. The third-order valence-electron chi connectivity index (χ3n) is 4.48. The normalized spacial score (nSPS) is 17.5. The molecule has 1 aliphatic heterocycles. The predicted molar refractivity (Wildman–Crippen MR) is 101 cm³/mol. The minimum absolute atomic E-state index is 0.0446. The molecule has 0 aliphatic carbocycles. The van der Waals surface area contributed by atoms with E-state index in [4.69, 9.17) is 13.9 Å². The van der Waals surface area contributed by atoms with Crippen molar-refractivity contribution in [2.75, 3.05) is 19.7 Å². The van der Waals surface area contributed by atoms with Gasteiger partial charge in [0, 0.05) is 25.2 Å². The molecule has 1 amide bonds. The van der Waals surface area contributed by atoms with Crippen LogP contribution in [0.1, 0.15) is 40.0 Å². The van der Waals surface area contributed by atoms with Crippen LogP contribution in [0.2, 0.25) is 0 Å². The van der Waals surface area contributed by atoms with Gasteiger partial charge in [-0.25, -0.2) is 4.79 Å². The zero-order valence-electron chi connectivity index (χ0n) is 16.3. The molecule has 152 valence electrons. The van der Waals surface area contributed by atoms with E-state index in [0.717, 1.165) is 19.3 Å². The molecular weight excluding hydrogens is 366 g/mol. The average Bonchev–Trinajstić information content (AvgIpc) is 3.02. The van der Waals surface area contributed by atoms with Gasteiger partial charge in [0.2, 0.25) is 0 Å². The molecular formula is C19H25N3O6. The summed E-state index contributed by atoms with van der Waals surface area (Å²) in [6, 6.07) is 4.23. The number of nitro groups is 1. The van der Waals surface area contributed by atoms with E-state index in [1.54, 1.807) is 4.90 Å². The second-order valence-corrected chi connectivity index (χ2v) is 7.96. The zero-order valence-corrected chi connectivity index (χ0v) is 16.3. The number of piperidine rings is 1. The molecule has 28 heavy (non-hydrogen) atoms. The third kappa shape index (κ3) is 5.11. The monoisotopic (exact) mass is 391 g/mol. The highest BCUT2D eigenvalue weighted by Crippen LogP contribution is 2.26. The van der Waals surface area contributed by atoms with E-state index in [2.05, 4.69) is 4.98 Å². The van der Waals surface area contributed by atoms with Crippen molar-refractivity contribution in [2.45, 2.75) is 45.6 Å². The molecule has 1 aliphatic rings. The number of carbonyl (C=O) groups excluding carboxylic acids is 1. The number of rotatable bonds is 5. The first-order valence-electron chi connectivity index (χ1n) is 9.37. The van der Waals surface area contributed by atoms with Gasteiger partial charge in [-0.2, -0.15) is 4.98 Å². The summed E-state index contributed by atoms with van der Waals surface area (Å²) < 4.78 is 16.5. The first-order valence-corrected chi connectivity index (χ1v) is 9.37. The highest BCUT2D eigenvalue weighted by atomic mass is 16.6. The maximum absolute atomic E-state index is 12.2. The molecule has 2 heterocycles. The van der Waals surface area contributed by atoms with Crippen LogP contribution in [-0.2, 0) is 4.74 Å². The number of nitro benzene ring substituents is 1. The molecule has 1 saturated heterocycles. The van der Waals surface area contributed by atoms with E-state index in [0.29, 0.717) is 36.7 Å². The van der Waals surface area contributed by atoms with Crippen molar-refractivity contribution in [3.05, 3.63) is 28.3 Å². The minimum atomic E-state index is -0.505. The van der Waals surface area contributed by atoms with Crippen LogP contribution in [0.25, 0.3) is 11.1 Å². The molecule has 0 N–H and O–H groups in total. The van der Waals surface area contributed by atoms with E-state index in [9.17, 15) is 14.9 Å². The number of nitrogens with zero attached hydrogens (tertiary/aromatic N) is 3. The van der Waals surface area contributed by atoms with Gasteiger partial charge < -0.3 is 18.8 Å². The van der Waals surface area contributed by atoms with Gasteiger partial charge in [0.05, 0.1) is 11.5 Å². The fourth-order valence-electron chi connectivity index (χ4n) is 3.18. The van der Waals surface area contributed by atoms with Gasteiger partial charge in [0.1, 0.15) is 11.1 Å². The minimum Gasteiger partial charge on any atom is -0.450 e. The lowest BCUT2D eigenvalue weighted by Crippen LogP contribution is -2.43. The number of fused-ring (bicyclic) bond motifs is 1. The van der Waals surface area contributed by atoms with E-state index < -0.39 is 10.5 Å². The second-order valence-electron chi connectivity index (χ2n) is 7.96. The number of non-ortho nitro benzene ring substituents is 1.